The van der Waals surface area contributed by atoms with E-state index in [0.717, 1.165) is 37.7 Å². The molecule has 6 nitrogen and oxygen atoms in total. The predicted molar refractivity (Wildman–Crippen MR) is 86.0 cm³/mol. The van der Waals surface area contributed by atoms with Crippen molar-refractivity contribution in [1.29, 1.82) is 0 Å². The first-order valence-corrected chi connectivity index (χ1v) is 8.26. The Hall–Kier alpha value is -1.34. The molecular weight excluding hydrogens is 288 g/mol. The van der Waals surface area contributed by atoms with Gasteiger partial charge in [0.25, 0.3) is 5.91 Å². The van der Waals surface area contributed by atoms with Gasteiger partial charge in [0, 0.05) is 33.3 Å². The molecule has 1 aromatic rings. The Balaban J connectivity index is 2.07. The molecule has 118 valence electrons. The van der Waals surface area contributed by atoms with Crippen LogP contribution in [0.15, 0.2) is 0 Å². The summed E-state index contributed by atoms with van der Waals surface area (Å²) in [4.78, 5) is 21.1. The fourth-order valence-corrected chi connectivity index (χ4v) is 3.56. The Labute approximate surface area is 129 Å². The Bertz CT molecular complexity index is 481. The van der Waals surface area contributed by atoms with Crippen LogP contribution >= 0.6 is 11.3 Å². The van der Waals surface area contributed by atoms with Gasteiger partial charge in [-0.05, 0) is 26.7 Å². The predicted octanol–water partition coefficient (Wildman–Crippen LogP) is 1.82. The molecule has 2 N–H and O–H groups in total. The van der Waals surface area contributed by atoms with Crippen LogP contribution in [0, 0.1) is 0 Å². The van der Waals surface area contributed by atoms with Gasteiger partial charge in [-0.3, -0.25) is 4.79 Å². The number of thiazole rings is 1. The van der Waals surface area contributed by atoms with Crippen molar-refractivity contribution in [3.05, 3.63) is 4.88 Å². The van der Waals surface area contributed by atoms with Crippen LogP contribution < -0.4 is 10.6 Å². The Morgan fingerprint density at radius 3 is 2.76 bits per heavy atom. The van der Waals surface area contributed by atoms with Crippen LogP contribution in [-0.2, 0) is 4.74 Å². The fraction of sp³-hybridized carbons (Fsp3) is 0.714. The Morgan fingerprint density at radius 2 is 2.19 bits per heavy atom. The van der Waals surface area contributed by atoms with Crippen LogP contribution in [0.2, 0.25) is 0 Å². The molecule has 1 aliphatic heterocycles. The summed E-state index contributed by atoms with van der Waals surface area (Å²) in [6.45, 7) is 7.22. The number of carbonyl (C=O) groups excluding carboxylic acids is 1. The van der Waals surface area contributed by atoms with Crippen molar-refractivity contribution < 1.29 is 9.53 Å². The van der Waals surface area contributed by atoms with Crippen molar-refractivity contribution in [2.75, 3.05) is 43.9 Å². The number of amides is 1. The SMILES string of the molecule is CCN(CC)c1nc(N)c(C(=O)N(C)CC2CCCO2)s1. The molecule has 1 amide bonds. The molecule has 1 saturated heterocycles. The molecular formula is C14H24N4O2S. The quantitative estimate of drug-likeness (QED) is 0.867. The minimum Gasteiger partial charge on any atom is -0.382 e. The van der Waals surface area contributed by atoms with Crippen LogP contribution in [0.3, 0.4) is 0 Å². The summed E-state index contributed by atoms with van der Waals surface area (Å²) in [7, 11) is 1.79. The van der Waals surface area contributed by atoms with Crippen molar-refractivity contribution in [3.63, 3.8) is 0 Å². The van der Waals surface area contributed by atoms with Gasteiger partial charge in [-0.1, -0.05) is 11.3 Å². The van der Waals surface area contributed by atoms with Crippen molar-refractivity contribution in [2.45, 2.75) is 32.8 Å². The highest BCUT2D eigenvalue weighted by Gasteiger charge is 2.25. The first kappa shape index (κ1) is 16.0. The van der Waals surface area contributed by atoms with Gasteiger partial charge in [-0.2, -0.15) is 0 Å². The molecule has 0 spiro atoms. The lowest BCUT2D eigenvalue weighted by Gasteiger charge is -2.20. The maximum Gasteiger partial charge on any atom is 0.267 e. The number of hydrogen-bond donors (Lipinski definition) is 1. The van der Waals surface area contributed by atoms with Crippen molar-refractivity contribution in [2.24, 2.45) is 0 Å². The van der Waals surface area contributed by atoms with E-state index in [1.165, 1.54) is 11.3 Å². The normalized spacial score (nSPS) is 18.0. The van der Waals surface area contributed by atoms with Gasteiger partial charge in [0.05, 0.1) is 6.10 Å². The summed E-state index contributed by atoms with van der Waals surface area (Å²) in [5.41, 5.74) is 5.93. The fourth-order valence-electron chi connectivity index (χ4n) is 2.45. The molecule has 21 heavy (non-hydrogen) atoms. The zero-order valence-electron chi connectivity index (χ0n) is 13.0. The van der Waals surface area contributed by atoms with Crippen LogP contribution in [0.5, 0.6) is 0 Å². The number of aromatic nitrogens is 1. The van der Waals surface area contributed by atoms with Crippen LogP contribution in [0.1, 0.15) is 36.4 Å². The topological polar surface area (TPSA) is 71.7 Å². The summed E-state index contributed by atoms with van der Waals surface area (Å²) < 4.78 is 5.57. The van der Waals surface area contributed by atoms with E-state index in [0.29, 0.717) is 17.2 Å². The number of anilines is 2. The molecule has 2 rings (SSSR count). The molecule has 0 saturated carbocycles. The van der Waals surface area contributed by atoms with Crippen molar-refractivity contribution >= 4 is 28.2 Å². The third-order valence-electron chi connectivity index (χ3n) is 3.72. The Kier molecular flexibility index (Phi) is 5.41. The molecule has 0 aromatic carbocycles. The number of rotatable bonds is 6. The summed E-state index contributed by atoms with van der Waals surface area (Å²) >= 11 is 1.37. The van der Waals surface area contributed by atoms with Gasteiger partial charge >= 0.3 is 0 Å². The summed E-state index contributed by atoms with van der Waals surface area (Å²) in [5.74, 6) is 0.255. The highest BCUT2D eigenvalue weighted by atomic mass is 32.1. The number of likely N-dealkylation sites (N-methyl/N-ethyl adjacent to an activating group) is 1. The maximum atomic E-state index is 12.5. The molecule has 1 aromatic heterocycles. The summed E-state index contributed by atoms with van der Waals surface area (Å²) in [5, 5.41) is 0.811. The van der Waals surface area contributed by atoms with Gasteiger partial charge in [-0.15, -0.1) is 0 Å². The molecule has 0 aliphatic carbocycles. The van der Waals surface area contributed by atoms with Crippen LogP contribution in [0.25, 0.3) is 0 Å². The van der Waals surface area contributed by atoms with Gasteiger partial charge in [0.2, 0.25) is 0 Å². The van der Waals surface area contributed by atoms with E-state index in [1.807, 2.05) is 0 Å². The standard InChI is InChI=1S/C14H24N4O2S/c1-4-18(5-2)14-16-12(15)11(21-14)13(19)17(3)9-10-7-6-8-20-10/h10H,4-9,15H2,1-3H3. The number of carbonyl (C=O) groups is 1. The lowest BCUT2D eigenvalue weighted by Crippen LogP contribution is -2.34. The molecule has 0 bridgehead atoms. The van der Waals surface area contributed by atoms with Crippen molar-refractivity contribution in [3.8, 4) is 0 Å². The van der Waals surface area contributed by atoms with E-state index in [-0.39, 0.29) is 12.0 Å². The Morgan fingerprint density at radius 1 is 1.48 bits per heavy atom. The average Bonchev–Trinajstić information content (AvgIpc) is 3.09. The average molecular weight is 312 g/mol. The number of nitrogens with two attached hydrogens (primary N) is 1. The first-order valence-electron chi connectivity index (χ1n) is 7.45. The lowest BCUT2D eigenvalue weighted by atomic mass is 10.2. The van der Waals surface area contributed by atoms with E-state index in [2.05, 4.69) is 23.7 Å². The number of hydrogen-bond acceptors (Lipinski definition) is 6. The van der Waals surface area contributed by atoms with Gasteiger partial charge < -0.3 is 20.3 Å². The maximum absolute atomic E-state index is 12.5. The summed E-state index contributed by atoms with van der Waals surface area (Å²) in [6, 6.07) is 0. The van der Waals surface area contributed by atoms with Crippen molar-refractivity contribution in [1.82, 2.24) is 9.88 Å². The van der Waals surface area contributed by atoms with Gasteiger partial charge in [-0.25, -0.2) is 4.98 Å². The highest BCUT2D eigenvalue weighted by Crippen LogP contribution is 2.29. The summed E-state index contributed by atoms with van der Waals surface area (Å²) in [6.07, 6.45) is 2.23. The molecule has 7 heteroatoms. The van der Waals surface area contributed by atoms with Crippen LogP contribution in [-0.4, -0.2) is 55.2 Å². The second kappa shape index (κ2) is 7.09. The third kappa shape index (κ3) is 3.65. The van der Waals surface area contributed by atoms with E-state index < -0.39 is 0 Å². The largest absolute Gasteiger partial charge is 0.382 e. The second-order valence-corrected chi connectivity index (χ2v) is 6.18. The van der Waals surface area contributed by atoms with E-state index in [1.54, 1.807) is 11.9 Å². The smallest absolute Gasteiger partial charge is 0.267 e. The van der Waals surface area contributed by atoms with Gasteiger partial charge in [0.1, 0.15) is 10.7 Å². The lowest BCUT2D eigenvalue weighted by molar-refractivity contribution is 0.0591. The molecule has 2 heterocycles. The van der Waals surface area contributed by atoms with Gasteiger partial charge in [0.15, 0.2) is 5.13 Å². The van der Waals surface area contributed by atoms with E-state index in [4.69, 9.17) is 10.5 Å². The number of nitrogens with zero attached hydrogens (tertiary/aromatic N) is 3. The molecule has 1 unspecified atom stereocenters. The molecule has 0 radical (unpaired) electrons. The van der Waals surface area contributed by atoms with E-state index in [9.17, 15) is 4.79 Å². The van der Waals surface area contributed by atoms with E-state index >= 15 is 0 Å². The van der Waals surface area contributed by atoms with Crippen LogP contribution in [0.4, 0.5) is 10.9 Å². The minimum absolute atomic E-state index is 0.0705. The minimum atomic E-state index is -0.0705. The molecule has 1 aliphatic rings. The first-order chi connectivity index (χ1) is 10.1. The molecule has 1 atom stereocenters. The molecule has 1 fully saturated rings. The number of ether oxygens (including phenoxy) is 1. The number of nitrogen functional groups attached to an aromatic ring is 1. The zero-order chi connectivity index (χ0) is 15.4. The zero-order valence-corrected chi connectivity index (χ0v) is 13.8. The monoisotopic (exact) mass is 312 g/mol. The third-order valence-corrected chi connectivity index (χ3v) is 4.84. The highest BCUT2D eigenvalue weighted by molar-refractivity contribution is 7.18. The second-order valence-electron chi connectivity index (χ2n) is 5.20.